The average Bonchev–Trinajstić information content (AvgIpc) is 2.65. The molecule has 0 saturated heterocycles. The second kappa shape index (κ2) is 9.16. The Morgan fingerprint density at radius 2 is 1.60 bits per heavy atom. The third-order valence-electron chi connectivity index (χ3n) is 5.42. The maximum absolute atomic E-state index is 13.0. The number of hydrogen-bond donors (Lipinski definition) is 1. The van der Waals surface area contributed by atoms with Gasteiger partial charge in [-0.15, -0.1) is 0 Å². The summed E-state index contributed by atoms with van der Waals surface area (Å²) in [5.41, 5.74) is 3.96. The second-order valence-electron chi connectivity index (χ2n) is 7.83. The molecule has 0 heterocycles. The Morgan fingerprint density at radius 3 is 2.20 bits per heavy atom. The monoisotopic (exact) mass is 468 g/mol. The molecule has 1 amide bonds. The lowest BCUT2D eigenvalue weighted by Gasteiger charge is -2.29. The molecule has 0 unspecified atom stereocenters. The molecule has 1 aliphatic carbocycles. The van der Waals surface area contributed by atoms with E-state index in [4.69, 9.17) is 23.2 Å². The Kier molecular flexibility index (Phi) is 7.00. The molecule has 0 aliphatic heterocycles. The van der Waals surface area contributed by atoms with E-state index >= 15 is 0 Å². The highest BCUT2D eigenvalue weighted by Crippen LogP contribution is 2.29. The van der Waals surface area contributed by atoms with Gasteiger partial charge in [0.1, 0.15) is 6.04 Å². The van der Waals surface area contributed by atoms with Gasteiger partial charge >= 0.3 is 0 Å². The van der Waals surface area contributed by atoms with Gasteiger partial charge in [-0.1, -0.05) is 41.4 Å². The van der Waals surface area contributed by atoms with Gasteiger partial charge in [0.25, 0.3) is 0 Å². The van der Waals surface area contributed by atoms with E-state index in [2.05, 4.69) is 17.4 Å². The van der Waals surface area contributed by atoms with Crippen molar-refractivity contribution in [1.29, 1.82) is 0 Å². The first-order valence-electron chi connectivity index (χ1n) is 9.94. The van der Waals surface area contributed by atoms with E-state index in [0.29, 0.717) is 10.0 Å². The number of nitrogens with one attached hydrogen (secondary N) is 1. The molecule has 0 bridgehead atoms. The van der Waals surface area contributed by atoms with Crippen LogP contribution in [-0.4, -0.2) is 26.6 Å². The Hall–Kier alpha value is -1.76. The van der Waals surface area contributed by atoms with Crippen LogP contribution in [0.15, 0.2) is 36.4 Å². The van der Waals surface area contributed by atoms with Gasteiger partial charge in [-0.3, -0.25) is 9.10 Å². The average molecular weight is 469 g/mol. The zero-order valence-corrected chi connectivity index (χ0v) is 19.6. The fraction of sp³-hybridized carbons (Fsp3) is 0.409. The van der Waals surface area contributed by atoms with Crippen molar-refractivity contribution in [2.24, 2.45) is 0 Å². The first-order chi connectivity index (χ1) is 14.1. The smallest absolute Gasteiger partial charge is 0.244 e. The number of amides is 1. The molecule has 0 fully saturated rings. The number of nitrogens with zero attached hydrogens (tertiary/aromatic N) is 1. The van der Waals surface area contributed by atoms with Gasteiger partial charge in [0, 0.05) is 10.0 Å². The highest BCUT2D eigenvalue weighted by Gasteiger charge is 2.30. The van der Waals surface area contributed by atoms with Crippen molar-refractivity contribution in [2.45, 2.75) is 51.6 Å². The quantitative estimate of drug-likeness (QED) is 0.654. The van der Waals surface area contributed by atoms with Crippen LogP contribution in [0, 0.1) is 0 Å². The van der Waals surface area contributed by atoms with E-state index in [1.54, 1.807) is 6.92 Å². The normalized spacial score (nSPS) is 15.8. The Morgan fingerprint density at radius 1 is 1.00 bits per heavy atom. The van der Waals surface area contributed by atoms with E-state index in [1.807, 2.05) is 13.0 Å². The molecule has 3 rings (SSSR count). The van der Waals surface area contributed by atoms with Crippen molar-refractivity contribution < 1.29 is 13.2 Å². The number of rotatable bonds is 6. The van der Waals surface area contributed by atoms with Crippen molar-refractivity contribution in [2.75, 3.05) is 10.6 Å². The van der Waals surface area contributed by atoms with Gasteiger partial charge in [0.2, 0.25) is 15.9 Å². The van der Waals surface area contributed by atoms with E-state index in [0.717, 1.165) is 29.0 Å². The number of anilines is 1. The molecule has 8 heteroatoms. The summed E-state index contributed by atoms with van der Waals surface area (Å²) in [5.74, 6) is -0.401. The molecule has 2 aromatic carbocycles. The van der Waals surface area contributed by atoms with Gasteiger partial charge in [-0.2, -0.15) is 0 Å². The van der Waals surface area contributed by atoms with Gasteiger partial charge in [-0.25, -0.2) is 8.42 Å². The Bertz CT molecular complexity index is 1040. The zero-order valence-electron chi connectivity index (χ0n) is 17.3. The van der Waals surface area contributed by atoms with Crippen LogP contribution in [0.5, 0.6) is 0 Å². The molecule has 0 saturated carbocycles. The number of fused-ring (bicyclic) bond motifs is 1. The molecule has 0 radical (unpaired) electrons. The minimum atomic E-state index is -3.75. The molecular formula is C22H26Cl2N2O3S. The summed E-state index contributed by atoms with van der Waals surface area (Å²) < 4.78 is 26.0. The van der Waals surface area contributed by atoms with Gasteiger partial charge in [-0.05, 0) is 74.4 Å². The lowest BCUT2D eigenvalue weighted by atomic mass is 9.89. The number of halogens is 2. The van der Waals surface area contributed by atoms with E-state index in [1.165, 1.54) is 42.2 Å². The van der Waals surface area contributed by atoms with Crippen LogP contribution < -0.4 is 9.62 Å². The van der Waals surface area contributed by atoms with Crippen LogP contribution >= 0.6 is 23.2 Å². The van der Waals surface area contributed by atoms with Crippen LogP contribution in [0.4, 0.5) is 5.69 Å². The molecule has 2 atom stereocenters. The van der Waals surface area contributed by atoms with Crippen LogP contribution in [-0.2, 0) is 27.7 Å². The molecular weight excluding hydrogens is 443 g/mol. The van der Waals surface area contributed by atoms with Crippen molar-refractivity contribution in [1.82, 2.24) is 5.32 Å². The van der Waals surface area contributed by atoms with Crippen LogP contribution in [0.2, 0.25) is 10.0 Å². The van der Waals surface area contributed by atoms with Gasteiger partial charge in [0.15, 0.2) is 0 Å². The number of hydrogen-bond acceptors (Lipinski definition) is 3. The van der Waals surface area contributed by atoms with Gasteiger partial charge < -0.3 is 5.32 Å². The van der Waals surface area contributed by atoms with Crippen LogP contribution in [0.3, 0.4) is 0 Å². The first-order valence-corrected chi connectivity index (χ1v) is 12.5. The maximum Gasteiger partial charge on any atom is 0.244 e. The maximum atomic E-state index is 13.0. The molecule has 30 heavy (non-hydrogen) atoms. The molecule has 1 aliphatic rings. The molecule has 0 spiro atoms. The first kappa shape index (κ1) is 22.9. The molecule has 1 N–H and O–H groups in total. The fourth-order valence-corrected chi connectivity index (χ4v) is 5.59. The summed E-state index contributed by atoms with van der Waals surface area (Å²) in [6, 6.07) is 9.55. The lowest BCUT2D eigenvalue weighted by molar-refractivity contribution is -0.122. The topological polar surface area (TPSA) is 66.5 Å². The second-order valence-corrected chi connectivity index (χ2v) is 10.6. The number of aryl methyl sites for hydroxylation is 2. The van der Waals surface area contributed by atoms with Crippen molar-refractivity contribution in [3.8, 4) is 0 Å². The number of sulfonamides is 1. The summed E-state index contributed by atoms with van der Waals surface area (Å²) in [5, 5.41) is 3.53. The van der Waals surface area contributed by atoms with Crippen LogP contribution in [0.25, 0.3) is 0 Å². The highest BCUT2D eigenvalue weighted by atomic mass is 35.5. The molecule has 2 aromatic rings. The lowest BCUT2D eigenvalue weighted by Crippen LogP contribution is -2.48. The third kappa shape index (κ3) is 5.29. The molecule has 0 aromatic heterocycles. The van der Waals surface area contributed by atoms with Crippen LogP contribution in [0.1, 0.15) is 49.4 Å². The zero-order chi connectivity index (χ0) is 22.1. The summed E-state index contributed by atoms with van der Waals surface area (Å²) in [7, 11) is -3.75. The van der Waals surface area contributed by atoms with Crippen molar-refractivity contribution >= 4 is 44.8 Å². The number of carbonyl (C=O) groups excluding carboxylic acids is 1. The predicted octanol–water partition coefficient (Wildman–Crippen LogP) is 4.90. The van der Waals surface area contributed by atoms with Crippen molar-refractivity contribution in [3.05, 3.63) is 63.1 Å². The minimum absolute atomic E-state index is 0.249. The molecule has 5 nitrogen and oxygen atoms in total. The Labute approximate surface area is 188 Å². The number of benzene rings is 2. The predicted molar refractivity (Wildman–Crippen MR) is 123 cm³/mol. The summed E-state index contributed by atoms with van der Waals surface area (Å²) in [4.78, 5) is 13.0. The third-order valence-corrected chi connectivity index (χ3v) is 7.10. The minimum Gasteiger partial charge on any atom is -0.348 e. The fourth-order valence-electron chi connectivity index (χ4n) is 3.92. The van der Waals surface area contributed by atoms with E-state index in [9.17, 15) is 13.2 Å². The van der Waals surface area contributed by atoms with E-state index in [-0.39, 0.29) is 11.7 Å². The summed E-state index contributed by atoms with van der Waals surface area (Å²) in [6.45, 7) is 3.45. The van der Waals surface area contributed by atoms with Gasteiger partial charge in [0.05, 0.1) is 18.0 Å². The highest BCUT2D eigenvalue weighted by molar-refractivity contribution is 7.92. The number of carbonyl (C=O) groups is 1. The Balaban J connectivity index is 1.81. The largest absolute Gasteiger partial charge is 0.348 e. The SMILES string of the molecule is C[C@H](NC(=O)[C@@H](C)N(c1cc(Cl)cc(Cl)c1)S(C)(=O)=O)c1ccc2c(c1)CCCC2. The summed E-state index contributed by atoms with van der Waals surface area (Å²) in [6.07, 6.45) is 5.60. The standard InChI is InChI=1S/C22H26Cl2N2O3S/c1-14(17-9-8-16-6-4-5-7-18(16)10-17)25-22(27)15(2)26(30(3,28)29)21-12-19(23)11-20(24)13-21/h8-15H,4-7H2,1-3H3,(H,25,27)/t14-,15+/m0/s1. The van der Waals surface area contributed by atoms with Crippen molar-refractivity contribution in [3.63, 3.8) is 0 Å². The summed E-state index contributed by atoms with van der Waals surface area (Å²) >= 11 is 12.1. The molecule has 162 valence electrons. The van der Waals surface area contributed by atoms with E-state index < -0.39 is 22.0 Å².